The first-order chi connectivity index (χ1) is 11.6. The SMILES string of the molecule is CCC[C]1([Ti]([N](CC)CC)([N](CC)CC)[N](CC)CC)C=CC=C1. The quantitative estimate of drug-likeness (QED) is 0.447. The predicted octanol–water partition coefficient (Wildman–Crippen LogP) is 5.00. The second-order valence-corrected chi connectivity index (χ2v) is 13.1. The molecule has 0 aromatic carbocycles. The molecule has 0 atom stereocenters. The molecule has 0 fully saturated rings. The molecule has 0 aliphatic heterocycles. The topological polar surface area (TPSA) is 9.72 Å². The van der Waals surface area contributed by atoms with E-state index in [4.69, 9.17) is 0 Å². The van der Waals surface area contributed by atoms with Crippen molar-refractivity contribution in [3.8, 4) is 0 Å². The fourth-order valence-electron chi connectivity index (χ4n) is 4.96. The van der Waals surface area contributed by atoms with Crippen LogP contribution in [0.5, 0.6) is 0 Å². The van der Waals surface area contributed by atoms with Crippen molar-refractivity contribution >= 4 is 0 Å². The van der Waals surface area contributed by atoms with Gasteiger partial charge in [0.1, 0.15) is 0 Å². The normalized spacial score (nSPS) is 16.9. The van der Waals surface area contributed by atoms with Crippen LogP contribution in [0.3, 0.4) is 0 Å². The van der Waals surface area contributed by atoms with Crippen molar-refractivity contribution in [1.82, 2.24) is 10.1 Å². The molecule has 0 heterocycles. The van der Waals surface area contributed by atoms with E-state index in [0.717, 1.165) is 39.3 Å². The Balaban J connectivity index is 3.73. The summed E-state index contributed by atoms with van der Waals surface area (Å²) in [5.41, 5.74) is 0. The summed E-state index contributed by atoms with van der Waals surface area (Å²) in [6.07, 6.45) is 12.3. The van der Waals surface area contributed by atoms with E-state index in [2.05, 4.69) is 82.9 Å². The average molecular weight is 371 g/mol. The predicted molar refractivity (Wildman–Crippen MR) is 105 cm³/mol. The van der Waals surface area contributed by atoms with Crippen LogP contribution in [0.25, 0.3) is 0 Å². The van der Waals surface area contributed by atoms with E-state index in [1.165, 1.54) is 12.8 Å². The summed E-state index contributed by atoms with van der Waals surface area (Å²) in [7, 11) is 0. The Morgan fingerprint density at radius 1 is 0.625 bits per heavy atom. The molecule has 1 rings (SSSR count). The molecule has 24 heavy (non-hydrogen) atoms. The Labute approximate surface area is 156 Å². The summed E-state index contributed by atoms with van der Waals surface area (Å²) in [6.45, 7) is 23.4. The molecule has 1 aliphatic carbocycles. The molecule has 0 unspecified atom stereocenters. The van der Waals surface area contributed by atoms with E-state index in [-0.39, 0.29) is 3.72 Å². The van der Waals surface area contributed by atoms with Crippen molar-refractivity contribution in [2.24, 2.45) is 0 Å². The Morgan fingerprint density at radius 2 is 0.958 bits per heavy atom. The second kappa shape index (κ2) is 10.3. The summed E-state index contributed by atoms with van der Waals surface area (Å²) >= 11 is -2.80. The fraction of sp³-hybridized carbons (Fsp3) is 0.800. The van der Waals surface area contributed by atoms with Crippen LogP contribution in [-0.2, 0) is 17.4 Å². The zero-order valence-electron chi connectivity index (χ0n) is 17.3. The van der Waals surface area contributed by atoms with Gasteiger partial charge in [-0.15, -0.1) is 0 Å². The third kappa shape index (κ3) is 3.62. The van der Waals surface area contributed by atoms with Crippen LogP contribution < -0.4 is 0 Å². The molecule has 0 radical (unpaired) electrons. The maximum atomic E-state index is 2.88. The Bertz CT molecular complexity index is 364. The summed E-state index contributed by atoms with van der Waals surface area (Å²) in [5.74, 6) is 0. The van der Waals surface area contributed by atoms with Crippen LogP contribution >= 0.6 is 0 Å². The molecule has 0 aromatic rings. The minimum absolute atomic E-state index is 0.235. The zero-order chi connectivity index (χ0) is 18.2. The van der Waals surface area contributed by atoms with Gasteiger partial charge in [0.15, 0.2) is 0 Å². The van der Waals surface area contributed by atoms with Crippen molar-refractivity contribution in [2.75, 3.05) is 39.3 Å². The number of hydrogen-bond acceptors (Lipinski definition) is 3. The number of nitrogens with zero attached hydrogens (tertiary/aromatic N) is 3. The van der Waals surface area contributed by atoms with Crippen molar-refractivity contribution < 1.29 is 17.4 Å². The van der Waals surface area contributed by atoms with Crippen molar-refractivity contribution in [3.05, 3.63) is 24.3 Å². The first-order valence-electron chi connectivity index (χ1n) is 10.2. The van der Waals surface area contributed by atoms with Gasteiger partial charge in [-0.2, -0.15) is 0 Å². The molecule has 0 bridgehead atoms. The summed E-state index contributed by atoms with van der Waals surface area (Å²) in [4.78, 5) is 0. The molecule has 0 N–H and O–H groups in total. The fourth-order valence-corrected chi connectivity index (χ4v) is 15.6. The molecular formula is C20H41N3Ti. The molecule has 3 nitrogen and oxygen atoms in total. The van der Waals surface area contributed by atoms with Crippen LogP contribution in [0.1, 0.15) is 61.3 Å². The molecule has 1 aliphatic rings. The summed E-state index contributed by atoms with van der Waals surface area (Å²) in [5, 5.41) is 0. The summed E-state index contributed by atoms with van der Waals surface area (Å²) < 4.78 is 8.89. The van der Waals surface area contributed by atoms with E-state index in [9.17, 15) is 0 Å². The van der Waals surface area contributed by atoms with E-state index < -0.39 is 17.4 Å². The molecule has 0 aromatic heterocycles. The van der Waals surface area contributed by atoms with Crippen LogP contribution in [-0.4, -0.2) is 49.4 Å². The van der Waals surface area contributed by atoms with Crippen molar-refractivity contribution in [2.45, 2.75) is 65.0 Å². The van der Waals surface area contributed by atoms with E-state index in [1.807, 2.05) is 0 Å². The van der Waals surface area contributed by atoms with Gasteiger partial charge in [-0.3, -0.25) is 0 Å². The monoisotopic (exact) mass is 371 g/mol. The second-order valence-electron chi connectivity index (χ2n) is 6.66. The van der Waals surface area contributed by atoms with Gasteiger partial charge in [-0.1, -0.05) is 0 Å². The average Bonchev–Trinajstić information content (AvgIpc) is 3.07. The van der Waals surface area contributed by atoms with Gasteiger partial charge in [0, 0.05) is 0 Å². The van der Waals surface area contributed by atoms with Crippen LogP contribution in [0.15, 0.2) is 24.3 Å². The molecule has 4 heteroatoms. The van der Waals surface area contributed by atoms with Crippen LogP contribution in [0, 0.1) is 0 Å². The minimum atomic E-state index is -2.80. The standard InChI is InChI=1S/C8H11.3C4H10N.Ti/c1-2-5-8-6-3-4-7-8;3*1-3-5-4-2;/h3-4,6-7H,2,5H2,1H3;3*3-4H2,1-2H3;/q;3*-1;+3. The molecule has 0 spiro atoms. The van der Waals surface area contributed by atoms with Crippen LogP contribution in [0.4, 0.5) is 0 Å². The van der Waals surface area contributed by atoms with Gasteiger partial charge in [0.05, 0.1) is 0 Å². The molecular weight excluding hydrogens is 330 g/mol. The van der Waals surface area contributed by atoms with E-state index in [1.54, 1.807) is 0 Å². The van der Waals surface area contributed by atoms with Gasteiger partial charge in [0.25, 0.3) is 0 Å². The maximum absolute atomic E-state index is 2.88. The Morgan fingerprint density at radius 3 is 1.21 bits per heavy atom. The van der Waals surface area contributed by atoms with Crippen molar-refractivity contribution in [1.29, 1.82) is 0 Å². The third-order valence-corrected chi connectivity index (χ3v) is 15.8. The molecule has 0 saturated heterocycles. The third-order valence-electron chi connectivity index (χ3n) is 5.80. The van der Waals surface area contributed by atoms with E-state index >= 15 is 0 Å². The van der Waals surface area contributed by atoms with Gasteiger partial charge in [-0.25, -0.2) is 0 Å². The first kappa shape index (κ1) is 22.1. The van der Waals surface area contributed by atoms with Gasteiger partial charge < -0.3 is 0 Å². The molecule has 0 saturated carbocycles. The molecule has 140 valence electrons. The van der Waals surface area contributed by atoms with Gasteiger partial charge in [0.2, 0.25) is 0 Å². The first-order valence-corrected chi connectivity index (χ1v) is 13.1. The number of rotatable bonds is 12. The summed E-state index contributed by atoms with van der Waals surface area (Å²) in [6, 6.07) is 0. The zero-order valence-corrected chi connectivity index (χ0v) is 18.9. The van der Waals surface area contributed by atoms with Gasteiger partial charge in [-0.05, 0) is 0 Å². The Kier molecular flexibility index (Phi) is 9.47. The molecule has 0 amide bonds. The van der Waals surface area contributed by atoms with Gasteiger partial charge >= 0.3 is 156 Å². The number of allylic oxidation sites excluding steroid dienone is 4. The van der Waals surface area contributed by atoms with Crippen molar-refractivity contribution in [3.63, 3.8) is 0 Å². The van der Waals surface area contributed by atoms with Crippen LogP contribution in [0.2, 0.25) is 3.72 Å². The number of hydrogen-bond donors (Lipinski definition) is 0. The Hall–Kier alpha value is 0.0743. The van der Waals surface area contributed by atoms with E-state index in [0.29, 0.717) is 0 Å².